The summed E-state index contributed by atoms with van der Waals surface area (Å²) in [5.41, 5.74) is 3.38. The zero-order chi connectivity index (χ0) is 11.5. The molecule has 6 heteroatoms. The van der Waals surface area contributed by atoms with Gasteiger partial charge in [-0.25, -0.2) is 5.43 Å². The Kier molecular flexibility index (Phi) is 3.78. The molecule has 84 valence electrons. The van der Waals surface area contributed by atoms with Crippen molar-refractivity contribution in [2.75, 3.05) is 0 Å². The van der Waals surface area contributed by atoms with E-state index >= 15 is 0 Å². The Hall–Kier alpha value is -0.650. The Balaban J connectivity index is 2.41. The van der Waals surface area contributed by atoms with E-state index < -0.39 is 0 Å². The molecule has 0 amide bonds. The average molecular weight is 274 g/mol. The topological polar surface area (TPSA) is 50.9 Å². The Morgan fingerprint density at radius 2 is 2.25 bits per heavy atom. The number of rotatable bonds is 3. The fourth-order valence-electron chi connectivity index (χ4n) is 1.39. The first-order chi connectivity index (χ1) is 7.72. The number of hydrogen-bond donors (Lipinski definition) is 2. The molecule has 0 aromatic carbocycles. The van der Waals surface area contributed by atoms with Crippen molar-refractivity contribution in [3.8, 4) is 0 Å². The van der Waals surface area contributed by atoms with Crippen molar-refractivity contribution >= 4 is 34.5 Å². The van der Waals surface area contributed by atoms with Crippen LogP contribution in [-0.2, 0) is 0 Å². The van der Waals surface area contributed by atoms with E-state index in [0.29, 0.717) is 15.7 Å². The van der Waals surface area contributed by atoms with Crippen molar-refractivity contribution in [2.24, 2.45) is 5.84 Å². The van der Waals surface area contributed by atoms with Gasteiger partial charge in [-0.15, -0.1) is 11.3 Å². The summed E-state index contributed by atoms with van der Waals surface area (Å²) >= 11 is 13.5. The maximum Gasteiger partial charge on any atom is 0.0988 e. The van der Waals surface area contributed by atoms with Crippen LogP contribution in [0.15, 0.2) is 29.8 Å². The van der Waals surface area contributed by atoms with Crippen LogP contribution < -0.4 is 11.3 Å². The summed E-state index contributed by atoms with van der Waals surface area (Å²) < 4.78 is 0. The van der Waals surface area contributed by atoms with Gasteiger partial charge in [0.15, 0.2) is 0 Å². The number of thiophene rings is 1. The molecular weight excluding hydrogens is 265 g/mol. The van der Waals surface area contributed by atoms with E-state index in [-0.39, 0.29) is 6.04 Å². The highest BCUT2D eigenvalue weighted by atomic mass is 35.5. The van der Waals surface area contributed by atoms with Gasteiger partial charge in [-0.1, -0.05) is 29.3 Å². The van der Waals surface area contributed by atoms with Crippen molar-refractivity contribution in [1.82, 2.24) is 10.4 Å². The van der Waals surface area contributed by atoms with Gasteiger partial charge in [-0.05, 0) is 17.5 Å². The van der Waals surface area contributed by atoms with Crippen molar-refractivity contribution in [2.45, 2.75) is 6.04 Å². The molecule has 0 aliphatic rings. The molecule has 2 aromatic rings. The summed E-state index contributed by atoms with van der Waals surface area (Å²) in [6, 6.07) is 5.38. The first-order valence-electron chi connectivity index (χ1n) is 4.53. The number of aromatic nitrogens is 1. The van der Waals surface area contributed by atoms with E-state index in [1.54, 1.807) is 23.6 Å². The summed E-state index contributed by atoms with van der Waals surface area (Å²) in [6.45, 7) is 0. The molecule has 0 radical (unpaired) electrons. The van der Waals surface area contributed by atoms with E-state index in [9.17, 15) is 0 Å². The van der Waals surface area contributed by atoms with Gasteiger partial charge in [0.2, 0.25) is 0 Å². The Morgan fingerprint density at radius 1 is 1.44 bits per heavy atom. The molecule has 0 aliphatic carbocycles. The molecule has 0 aliphatic heterocycles. The fraction of sp³-hybridized carbons (Fsp3) is 0.100. The number of halogens is 2. The predicted octanol–water partition coefficient (Wildman–Crippen LogP) is 3.00. The molecule has 0 fully saturated rings. The highest BCUT2D eigenvalue weighted by molar-refractivity contribution is 7.10. The van der Waals surface area contributed by atoms with Crippen LogP contribution in [0.4, 0.5) is 0 Å². The van der Waals surface area contributed by atoms with Crippen LogP contribution in [0.2, 0.25) is 10.0 Å². The number of pyridine rings is 1. The molecule has 0 spiro atoms. The number of hydrazine groups is 1. The molecule has 2 rings (SSSR count). The van der Waals surface area contributed by atoms with Crippen LogP contribution in [-0.4, -0.2) is 4.98 Å². The van der Waals surface area contributed by atoms with E-state index in [1.165, 1.54) is 0 Å². The smallest absolute Gasteiger partial charge is 0.0988 e. The first kappa shape index (κ1) is 11.8. The van der Waals surface area contributed by atoms with Gasteiger partial charge < -0.3 is 0 Å². The van der Waals surface area contributed by atoms with Gasteiger partial charge in [-0.3, -0.25) is 10.8 Å². The normalized spacial score (nSPS) is 12.7. The number of hydrogen-bond acceptors (Lipinski definition) is 4. The third-order valence-corrected chi connectivity index (χ3v) is 3.55. The zero-order valence-corrected chi connectivity index (χ0v) is 10.5. The second-order valence-electron chi connectivity index (χ2n) is 3.14. The monoisotopic (exact) mass is 273 g/mol. The van der Waals surface area contributed by atoms with E-state index in [2.05, 4.69) is 10.4 Å². The molecule has 0 saturated heterocycles. The lowest BCUT2D eigenvalue weighted by molar-refractivity contribution is 0.630. The average Bonchev–Trinajstić information content (AvgIpc) is 2.75. The van der Waals surface area contributed by atoms with Gasteiger partial charge in [0.1, 0.15) is 0 Å². The van der Waals surface area contributed by atoms with Crippen LogP contribution in [0.5, 0.6) is 0 Å². The molecule has 0 bridgehead atoms. The highest BCUT2D eigenvalue weighted by Gasteiger charge is 2.18. The van der Waals surface area contributed by atoms with E-state index in [0.717, 1.165) is 4.88 Å². The minimum atomic E-state index is -0.204. The van der Waals surface area contributed by atoms with Crippen LogP contribution in [0.25, 0.3) is 0 Å². The molecule has 3 N–H and O–H groups in total. The van der Waals surface area contributed by atoms with Crippen LogP contribution in [0.3, 0.4) is 0 Å². The summed E-state index contributed by atoms with van der Waals surface area (Å²) in [5.74, 6) is 5.53. The maximum atomic E-state index is 6.08. The van der Waals surface area contributed by atoms with Crippen LogP contribution in [0, 0.1) is 0 Å². The standard InChI is InChI=1S/C10H9Cl2N3S/c11-6-4-7(12)9(14-5-6)10(15-13)8-2-1-3-16-8/h1-5,10,15H,13H2. The van der Waals surface area contributed by atoms with Gasteiger partial charge in [0.25, 0.3) is 0 Å². The van der Waals surface area contributed by atoms with Gasteiger partial charge in [0.05, 0.1) is 21.8 Å². The lowest BCUT2D eigenvalue weighted by Crippen LogP contribution is -2.29. The van der Waals surface area contributed by atoms with E-state index in [4.69, 9.17) is 29.0 Å². The maximum absolute atomic E-state index is 6.08. The SMILES string of the molecule is NNC(c1cccs1)c1ncc(Cl)cc1Cl. The number of nitrogens with one attached hydrogen (secondary N) is 1. The summed E-state index contributed by atoms with van der Waals surface area (Å²) in [6.07, 6.45) is 1.56. The Labute approximate surface area is 107 Å². The third kappa shape index (κ3) is 2.36. The fourth-order valence-corrected chi connectivity index (χ4v) is 2.67. The van der Waals surface area contributed by atoms with Crippen molar-refractivity contribution in [1.29, 1.82) is 0 Å². The summed E-state index contributed by atoms with van der Waals surface area (Å²) in [4.78, 5) is 5.26. The second kappa shape index (κ2) is 5.12. The molecular formula is C10H9Cl2N3S. The minimum absolute atomic E-state index is 0.204. The zero-order valence-electron chi connectivity index (χ0n) is 8.15. The minimum Gasteiger partial charge on any atom is -0.270 e. The predicted molar refractivity (Wildman–Crippen MR) is 67.7 cm³/mol. The summed E-state index contributed by atoms with van der Waals surface area (Å²) in [5, 5.41) is 2.99. The van der Waals surface area contributed by atoms with Gasteiger partial charge in [0, 0.05) is 11.1 Å². The molecule has 0 saturated carbocycles. The molecule has 1 atom stereocenters. The largest absolute Gasteiger partial charge is 0.270 e. The Morgan fingerprint density at radius 3 is 2.81 bits per heavy atom. The van der Waals surface area contributed by atoms with Crippen LogP contribution in [0.1, 0.15) is 16.6 Å². The lowest BCUT2D eigenvalue weighted by Gasteiger charge is -2.14. The van der Waals surface area contributed by atoms with Gasteiger partial charge in [-0.2, -0.15) is 0 Å². The van der Waals surface area contributed by atoms with Crippen LogP contribution >= 0.6 is 34.5 Å². The Bertz CT molecular complexity index is 473. The molecule has 2 aromatic heterocycles. The molecule has 2 heterocycles. The quantitative estimate of drug-likeness (QED) is 0.668. The first-order valence-corrected chi connectivity index (χ1v) is 6.16. The molecule has 16 heavy (non-hydrogen) atoms. The molecule has 3 nitrogen and oxygen atoms in total. The second-order valence-corrected chi connectivity index (χ2v) is 4.96. The highest BCUT2D eigenvalue weighted by Crippen LogP contribution is 2.29. The summed E-state index contributed by atoms with van der Waals surface area (Å²) in [7, 11) is 0. The number of nitrogens with zero attached hydrogens (tertiary/aromatic N) is 1. The molecule has 1 unspecified atom stereocenters. The van der Waals surface area contributed by atoms with Crippen molar-refractivity contribution in [3.63, 3.8) is 0 Å². The lowest BCUT2D eigenvalue weighted by atomic mass is 10.1. The van der Waals surface area contributed by atoms with E-state index in [1.807, 2.05) is 17.5 Å². The van der Waals surface area contributed by atoms with Crippen molar-refractivity contribution < 1.29 is 0 Å². The third-order valence-electron chi connectivity index (χ3n) is 2.10. The number of nitrogens with two attached hydrogens (primary N) is 1. The van der Waals surface area contributed by atoms with Gasteiger partial charge >= 0.3 is 0 Å². The van der Waals surface area contributed by atoms with Crippen molar-refractivity contribution in [3.05, 3.63) is 50.4 Å².